The highest BCUT2D eigenvalue weighted by Crippen LogP contribution is 2.29. The number of ether oxygens (including phenoxy) is 4. The molecule has 0 bridgehead atoms. The number of hydrogen-bond donors (Lipinski definition) is 2. The average Bonchev–Trinajstić information content (AvgIpc) is 2.89. The van der Waals surface area contributed by atoms with Crippen LogP contribution < -0.4 is 29.7 Å². The van der Waals surface area contributed by atoms with Gasteiger partial charge in [-0.25, -0.2) is 10.2 Å². The lowest BCUT2D eigenvalue weighted by atomic mass is 10.2. The Bertz CT molecular complexity index is 1310. The van der Waals surface area contributed by atoms with Gasteiger partial charge in [0.1, 0.15) is 11.5 Å². The fraction of sp³-hybridized carbons (Fsp3) is 0.120. The molecule has 0 spiro atoms. The maximum Gasteiger partial charge on any atom is 0.343 e. The molecule has 0 saturated carbocycles. The lowest BCUT2D eigenvalue weighted by Crippen LogP contribution is -2.32. The Morgan fingerprint density at radius 2 is 1.61 bits per heavy atom. The number of methoxy groups -OCH3 is 3. The highest BCUT2D eigenvalue weighted by Gasteiger charge is 2.16. The van der Waals surface area contributed by atoms with E-state index in [1.54, 1.807) is 48.5 Å². The van der Waals surface area contributed by atoms with Gasteiger partial charge in [-0.3, -0.25) is 9.59 Å². The van der Waals surface area contributed by atoms with Crippen molar-refractivity contribution in [1.29, 1.82) is 0 Å². The molecule has 0 saturated heterocycles. The van der Waals surface area contributed by atoms with Crippen LogP contribution in [0.25, 0.3) is 0 Å². The van der Waals surface area contributed by atoms with Crippen molar-refractivity contribution in [1.82, 2.24) is 5.43 Å². The third-order valence-corrected chi connectivity index (χ3v) is 4.93. The summed E-state index contributed by atoms with van der Waals surface area (Å²) in [7, 11) is 4.33. The van der Waals surface area contributed by atoms with Crippen LogP contribution in [-0.4, -0.2) is 45.3 Å². The molecule has 0 aliphatic rings. The number of nitrogens with zero attached hydrogens (tertiary/aromatic N) is 1. The maximum atomic E-state index is 12.4. The van der Waals surface area contributed by atoms with Crippen molar-refractivity contribution in [2.24, 2.45) is 5.10 Å². The van der Waals surface area contributed by atoms with Crippen LogP contribution in [0.5, 0.6) is 23.0 Å². The summed E-state index contributed by atoms with van der Waals surface area (Å²) >= 11 is 5.91. The average molecular weight is 512 g/mol. The van der Waals surface area contributed by atoms with Crippen LogP contribution in [0, 0.1) is 0 Å². The van der Waals surface area contributed by atoms with Gasteiger partial charge in [-0.2, -0.15) is 5.10 Å². The van der Waals surface area contributed by atoms with E-state index in [1.165, 1.54) is 39.7 Å². The van der Waals surface area contributed by atoms with Crippen molar-refractivity contribution >= 4 is 41.3 Å². The third-order valence-electron chi connectivity index (χ3n) is 4.69. The zero-order valence-electron chi connectivity index (χ0n) is 19.5. The zero-order valence-corrected chi connectivity index (χ0v) is 20.3. The predicted molar refractivity (Wildman–Crippen MR) is 133 cm³/mol. The van der Waals surface area contributed by atoms with Gasteiger partial charge >= 0.3 is 17.8 Å². The van der Waals surface area contributed by atoms with Crippen molar-refractivity contribution < 1.29 is 33.3 Å². The first-order valence-electron chi connectivity index (χ1n) is 10.4. The molecule has 0 heterocycles. The van der Waals surface area contributed by atoms with E-state index in [1.807, 2.05) is 0 Å². The number of nitrogens with one attached hydrogen (secondary N) is 2. The smallest absolute Gasteiger partial charge is 0.343 e. The minimum atomic E-state index is -0.997. The van der Waals surface area contributed by atoms with Crippen LogP contribution in [0.2, 0.25) is 5.02 Å². The Hall–Kier alpha value is -4.57. The minimum Gasteiger partial charge on any atom is -0.497 e. The molecular formula is C25H22ClN3O7. The molecule has 3 aromatic carbocycles. The second kappa shape index (κ2) is 12.2. The van der Waals surface area contributed by atoms with Gasteiger partial charge in [-0.15, -0.1) is 0 Å². The molecular weight excluding hydrogens is 490 g/mol. The molecule has 2 amide bonds. The maximum absolute atomic E-state index is 12.4. The van der Waals surface area contributed by atoms with E-state index in [0.29, 0.717) is 22.1 Å². The zero-order chi connectivity index (χ0) is 26.1. The number of hydrazone groups is 1. The molecule has 0 atom stereocenters. The predicted octanol–water partition coefficient (Wildman–Crippen LogP) is 3.67. The number of esters is 1. The Balaban J connectivity index is 1.62. The van der Waals surface area contributed by atoms with Gasteiger partial charge < -0.3 is 24.3 Å². The van der Waals surface area contributed by atoms with Crippen LogP contribution in [-0.2, 0) is 9.59 Å². The first-order valence-corrected chi connectivity index (χ1v) is 10.7. The molecule has 3 aromatic rings. The molecule has 0 aliphatic heterocycles. The summed E-state index contributed by atoms with van der Waals surface area (Å²) in [6.45, 7) is 0. The normalized spacial score (nSPS) is 10.4. The summed E-state index contributed by atoms with van der Waals surface area (Å²) in [4.78, 5) is 36.7. The highest BCUT2D eigenvalue weighted by molar-refractivity contribution is 6.39. The summed E-state index contributed by atoms with van der Waals surface area (Å²) < 4.78 is 21.0. The molecule has 0 unspecified atom stereocenters. The van der Waals surface area contributed by atoms with Gasteiger partial charge in [0.15, 0.2) is 11.5 Å². The van der Waals surface area contributed by atoms with E-state index in [4.69, 9.17) is 30.5 Å². The number of halogens is 1. The quantitative estimate of drug-likeness (QED) is 0.155. The second-order valence-electron chi connectivity index (χ2n) is 7.03. The Morgan fingerprint density at radius 1 is 0.833 bits per heavy atom. The van der Waals surface area contributed by atoms with Crippen molar-refractivity contribution in [3.63, 3.8) is 0 Å². The molecule has 0 fully saturated rings. The Labute approximate surface area is 211 Å². The van der Waals surface area contributed by atoms with Gasteiger partial charge in [0.25, 0.3) is 0 Å². The molecule has 3 rings (SSSR count). The minimum absolute atomic E-state index is 0.177. The van der Waals surface area contributed by atoms with Crippen LogP contribution in [0.4, 0.5) is 5.69 Å². The van der Waals surface area contributed by atoms with Crippen LogP contribution in [0.3, 0.4) is 0 Å². The summed E-state index contributed by atoms with van der Waals surface area (Å²) in [6, 6.07) is 15.7. The van der Waals surface area contributed by atoms with Crippen molar-refractivity contribution in [2.75, 3.05) is 26.6 Å². The van der Waals surface area contributed by atoms with E-state index in [9.17, 15) is 14.4 Å². The number of amides is 2. The number of rotatable bonds is 8. The van der Waals surface area contributed by atoms with E-state index < -0.39 is 17.8 Å². The Morgan fingerprint density at radius 3 is 2.31 bits per heavy atom. The van der Waals surface area contributed by atoms with Crippen LogP contribution >= 0.6 is 11.6 Å². The van der Waals surface area contributed by atoms with Gasteiger partial charge in [0.05, 0.1) is 38.8 Å². The summed E-state index contributed by atoms with van der Waals surface area (Å²) in [5.74, 6) is -1.27. The number of benzene rings is 3. The third kappa shape index (κ3) is 6.73. The lowest BCUT2D eigenvalue weighted by molar-refractivity contribution is -0.136. The first-order chi connectivity index (χ1) is 17.3. The molecule has 2 N–H and O–H groups in total. The van der Waals surface area contributed by atoms with Crippen molar-refractivity contribution in [3.8, 4) is 23.0 Å². The van der Waals surface area contributed by atoms with Crippen molar-refractivity contribution in [2.45, 2.75) is 0 Å². The first kappa shape index (κ1) is 26.0. The fourth-order valence-corrected chi connectivity index (χ4v) is 3.11. The standard InChI is InChI=1S/C25H22ClN3O7/c1-33-18-8-9-19(21(13-18)34-2)28-23(30)24(31)29-27-14-15-7-10-20(22(11-15)35-3)36-25(32)16-5-4-6-17(26)12-16/h4-14H,1-3H3,(H,28,30)(H,29,31)/b27-14+. The van der Waals surface area contributed by atoms with Gasteiger partial charge in [-0.1, -0.05) is 17.7 Å². The molecule has 0 aromatic heterocycles. The van der Waals surface area contributed by atoms with Gasteiger partial charge in [0.2, 0.25) is 0 Å². The van der Waals surface area contributed by atoms with E-state index in [-0.39, 0.29) is 22.7 Å². The lowest BCUT2D eigenvalue weighted by Gasteiger charge is -2.11. The molecule has 186 valence electrons. The molecule has 10 nitrogen and oxygen atoms in total. The van der Waals surface area contributed by atoms with E-state index in [0.717, 1.165) is 0 Å². The van der Waals surface area contributed by atoms with Crippen molar-refractivity contribution in [3.05, 3.63) is 76.8 Å². The Kier molecular flexibility index (Phi) is 8.84. The monoisotopic (exact) mass is 511 g/mol. The summed E-state index contributed by atoms with van der Waals surface area (Å²) in [6.07, 6.45) is 1.30. The molecule has 0 radical (unpaired) electrons. The topological polar surface area (TPSA) is 125 Å². The largest absolute Gasteiger partial charge is 0.497 e. The van der Waals surface area contributed by atoms with Gasteiger partial charge in [0, 0.05) is 11.1 Å². The van der Waals surface area contributed by atoms with Gasteiger partial charge in [-0.05, 0) is 54.1 Å². The highest BCUT2D eigenvalue weighted by atomic mass is 35.5. The number of carbonyl (C=O) groups excluding carboxylic acids is 3. The molecule has 36 heavy (non-hydrogen) atoms. The summed E-state index contributed by atoms with van der Waals surface area (Å²) in [5.41, 5.74) is 3.21. The second-order valence-corrected chi connectivity index (χ2v) is 7.47. The summed E-state index contributed by atoms with van der Waals surface area (Å²) in [5, 5.41) is 6.63. The van der Waals surface area contributed by atoms with Crippen LogP contribution in [0.15, 0.2) is 65.8 Å². The van der Waals surface area contributed by atoms with E-state index in [2.05, 4.69) is 15.8 Å². The number of anilines is 1. The number of carbonyl (C=O) groups is 3. The SMILES string of the molecule is COc1ccc(NC(=O)C(=O)N/N=C/c2ccc(OC(=O)c3cccc(Cl)c3)c(OC)c2)c(OC)c1. The molecule has 11 heteroatoms. The number of hydrogen-bond acceptors (Lipinski definition) is 8. The van der Waals surface area contributed by atoms with Crippen LogP contribution in [0.1, 0.15) is 15.9 Å². The van der Waals surface area contributed by atoms with E-state index >= 15 is 0 Å². The molecule has 0 aliphatic carbocycles. The fourth-order valence-electron chi connectivity index (χ4n) is 2.92.